The molecule has 2 aromatic rings. The number of anilines is 1. The minimum atomic E-state index is -0.700. The van der Waals surface area contributed by atoms with E-state index in [2.05, 4.69) is 5.32 Å². The third-order valence-corrected chi connectivity index (χ3v) is 5.23. The molecular weight excluding hydrogens is 301 g/mol. The number of benzene rings is 2. The molecule has 1 atom stereocenters. The Balaban J connectivity index is 2.10. The maximum absolute atomic E-state index is 13.0. The summed E-state index contributed by atoms with van der Waals surface area (Å²) in [4.78, 5) is 24.9. The molecule has 0 spiro atoms. The molecule has 0 aromatic heterocycles. The van der Waals surface area contributed by atoms with E-state index >= 15 is 0 Å². The average Bonchev–Trinajstić information content (AvgIpc) is 2.79. The minimum absolute atomic E-state index is 0.130. The maximum Gasteiger partial charge on any atom is 0.244 e. The summed E-state index contributed by atoms with van der Waals surface area (Å²) in [6, 6.07) is 10.7. The highest BCUT2D eigenvalue weighted by atomic mass is 32.2. The molecule has 0 saturated heterocycles. The molecule has 1 N–H and O–H groups in total. The van der Waals surface area contributed by atoms with Gasteiger partial charge in [0.15, 0.2) is 5.78 Å². The number of nitrogens with one attached hydrogen (secondary N) is 1. The standard InChI is InChI=1S/C17H14FNO2S/c1-17(22-2)13-5-3-4-12(14(13)19-16(17)21)15(20)10-6-8-11(18)9-7-10/h3-9H,1-2H3,(H,19,21). The molecule has 0 bridgehead atoms. The number of fused-ring (bicyclic) bond motifs is 1. The molecule has 3 nitrogen and oxygen atoms in total. The molecule has 22 heavy (non-hydrogen) atoms. The fourth-order valence-electron chi connectivity index (χ4n) is 2.59. The van der Waals surface area contributed by atoms with Gasteiger partial charge in [-0.1, -0.05) is 12.1 Å². The Morgan fingerprint density at radius 2 is 1.86 bits per heavy atom. The van der Waals surface area contributed by atoms with Crippen LogP contribution < -0.4 is 5.32 Å². The van der Waals surface area contributed by atoms with Crippen LogP contribution in [0.2, 0.25) is 0 Å². The summed E-state index contributed by atoms with van der Waals surface area (Å²) in [7, 11) is 0. The number of hydrogen-bond acceptors (Lipinski definition) is 3. The van der Waals surface area contributed by atoms with E-state index in [1.807, 2.05) is 19.2 Å². The second-order valence-electron chi connectivity index (χ2n) is 5.26. The minimum Gasteiger partial charge on any atom is -0.324 e. The van der Waals surface area contributed by atoms with Crippen molar-refractivity contribution >= 4 is 29.1 Å². The normalized spacial score (nSPS) is 19.7. The van der Waals surface area contributed by atoms with Crippen LogP contribution in [0.15, 0.2) is 42.5 Å². The van der Waals surface area contributed by atoms with E-state index in [9.17, 15) is 14.0 Å². The number of carbonyl (C=O) groups excluding carboxylic acids is 2. The monoisotopic (exact) mass is 315 g/mol. The van der Waals surface area contributed by atoms with Gasteiger partial charge in [-0.25, -0.2) is 4.39 Å². The number of amides is 1. The fourth-order valence-corrected chi connectivity index (χ4v) is 3.21. The van der Waals surface area contributed by atoms with Gasteiger partial charge in [0.05, 0.1) is 5.69 Å². The molecule has 0 fully saturated rings. The number of hydrogen-bond donors (Lipinski definition) is 1. The van der Waals surface area contributed by atoms with Gasteiger partial charge < -0.3 is 5.32 Å². The van der Waals surface area contributed by atoms with Crippen LogP contribution in [0.5, 0.6) is 0 Å². The van der Waals surface area contributed by atoms with Crippen LogP contribution in [0.25, 0.3) is 0 Å². The predicted molar refractivity (Wildman–Crippen MR) is 85.8 cm³/mol. The molecule has 5 heteroatoms. The smallest absolute Gasteiger partial charge is 0.244 e. The lowest BCUT2D eigenvalue weighted by atomic mass is 9.95. The van der Waals surface area contributed by atoms with Crippen LogP contribution in [0.1, 0.15) is 28.4 Å². The zero-order valence-corrected chi connectivity index (χ0v) is 13.0. The lowest BCUT2D eigenvalue weighted by Crippen LogP contribution is -2.26. The van der Waals surface area contributed by atoms with Crippen molar-refractivity contribution in [2.75, 3.05) is 11.6 Å². The SMILES string of the molecule is CSC1(C)C(=O)Nc2c(C(=O)c3ccc(F)cc3)cccc21. The van der Waals surface area contributed by atoms with Crippen LogP contribution in [0.4, 0.5) is 10.1 Å². The number of halogens is 1. The number of carbonyl (C=O) groups is 2. The Hall–Kier alpha value is -2.14. The highest BCUT2D eigenvalue weighted by Gasteiger charge is 2.43. The summed E-state index contributed by atoms with van der Waals surface area (Å²) < 4.78 is 12.3. The zero-order valence-electron chi connectivity index (χ0n) is 12.1. The van der Waals surface area contributed by atoms with E-state index in [4.69, 9.17) is 0 Å². The first-order valence-corrected chi connectivity index (χ1v) is 8.00. The lowest BCUT2D eigenvalue weighted by Gasteiger charge is -2.19. The number of rotatable bonds is 3. The zero-order chi connectivity index (χ0) is 15.9. The first-order valence-electron chi connectivity index (χ1n) is 6.77. The van der Waals surface area contributed by atoms with Gasteiger partial charge in [0.2, 0.25) is 5.91 Å². The van der Waals surface area contributed by atoms with E-state index in [0.29, 0.717) is 16.8 Å². The quantitative estimate of drug-likeness (QED) is 0.881. The molecular formula is C17H14FNO2S. The Kier molecular flexibility index (Phi) is 3.53. The summed E-state index contributed by atoms with van der Waals surface area (Å²) in [5.41, 5.74) is 2.17. The van der Waals surface area contributed by atoms with E-state index in [1.54, 1.807) is 12.1 Å². The van der Waals surface area contributed by atoms with Crippen LogP contribution in [0.3, 0.4) is 0 Å². The molecule has 1 aliphatic heterocycles. The first kappa shape index (κ1) is 14.8. The van der Waals surface area contributed by atoms with Crippen LogP contribution in [-0.4, -0.2) is 17.9 Å². The molecule has 1 unspecified atom stereocenters. The topological polar surface area (TPSA) is 46.2 Å². The number of para-hydroxylation sites is 1. The Morgan fingerprint density at radius 1 is 1.18 bits per heavy atom. The van der Waals surface area contributed by atoms with E-state index < -0.39 is 10.6 Å². The lowest BCUT2D eigenvalue weighted by molar-refractivity contribution is -0.117. The largest absolute Gasteiger partial charge is 0.324 e. The second-order valence-corrected chi connectivity index (χ2v) is 6.48. The molecule has 0 radical (unpaired) electrons. The van der Waals surface area contributed by atoms with Gasteiger partial charge in [0, 0.05) is 16.7 Å². The Labute approximate surface area is 131 Å². The van der Waals surface area contributed by atoms with Crippen molar-refractivity contribution < 1.29 is 14.0 Å². The van der Waals surface area contributed by atoms with E-state index in [0.717, 1.165) is 5.56 Å². The molecule has 2 aromatic carbocycles. The molecule has 1 amide bonds. The molecule has 112 valence electrons. The van der Waals surface area contributed by atoms with Crippen molar-refractivity contribution in [1.29, 1.82) is 0 Å². The van der Waals surface area contributed by atoms with E-state index in [-0.39, 0.29) is 11.7 Å². The van der Waals surface area contributed by atoms with Gasteiger partial charge in [0.1, 0.15) is 10.6 Å². The summed E-state index contributed by atoms with van der Waals surface area (Å²) in [5.74, 6) is -0.755. The van der Waals surface area contributed by atoms with Gasteiger partial charge in [0.25, 0.3) is 0 Å². The number of thioether (sulfide) groups is 1. The van der Waals surface area contributed by atoms with Crippen molar-refractivity contribution in [3.8, 4) is 0 Å². The predicted octanol–water partition coefficient (Wildman–Crippen LogP) is 3.59. The average molecular weight is 315 g/mol. The molecule has 0 aliphatic carbocycles. The summed E-state index contributed by atoms with van der Waals surface area (Å²) >= 11 is 1.43. The van der Waals surface area contributed by atoms with Crippen LogP contribution >= 0.6 is 11.8 Å². The molecule has 3 rings (SSSR count). The second kappa shape index (κ2) is 5.25. The third-order valence-electron chi connectivity index (χ3n) is 4.01. The van der Waals surface area contributed by atoms with Gasteiger partial charge >= 0.3 is 0 Å². The first-order chi connectivity index (χ1) is 10.5. The molecule has 0 saturated carbocycles. The van der Waals surface area contributed by atoms with Gasteiger partial charge in [-0.15, -0.1) is 11.8 Å². The highest BCUT2D eigenvalue weighted by molar-refractivity contribution is 8.00. The van der Waals surface area contributed by atoms with E-state index in [1.165, 1.54) is 36.0 Å². The highest BCUT2D eigenvalue weighted by Crippen LogP contribution is 2.46. The van der Waals surface area contributed by atoms with Crippen LogP contribution in [-0.2, 0) is 9.54 Å². The Bertz CT molecular complexity index is 773. The third kappa shape index (κ3) is 2.13. The molecule has 1 aliphatic rings. The maximum atomic E-state index is 13.0. The fraction of sp³-hybridized carbons (Fsp3) is 0.176. The van der Waals surface area contributed by atoms with Gasteiger partial charge in [-0.05, 0) is 43.5 Å². The molecule has 1 heterocycles. The van der Waals surface area contributed by atoms with Crippen molar-refractivity contribution in [3.63, 3.8) is 0 Å². The Morgan fingerprint density at radius 3 is 2.50 bits per heavy atom. The summed E-state index contributed by atoms with van der Waals surface area (Å²) in [6.45, 7) is 1.84. The van der Waals surface area contributed by atoms with Gasteiger partial charge in [-0.2, -0.15) is 0 Å². The van der Waals surface area contributed by atoms with Crippen molar-refractivity contribution in [3.05, 3.63) is 65.0 Å². The van der Waals surface area contributed by atoms with Crippen LogP contribution in [0, 0.1) is 5.82 Å². The summed E-state index contributed by atoms with van der Waals surface area (Å²) in [5, 5.41) is 2.81. The summed E-state index contributed by atoms with van der Waals surface area (Å²) in [6.07, 6.45) is 1.86. The van der Waals surface area contributed by atoms with Crippen molar-refractivity contribution in [2.45, 2.75) is 11.7 Å². The number of ketones is 1. The van der Waals surface area contributed by atoms with Crippen molar-refractivity contribution in [1.82, 2.24) is 0 Å². The van der Waals surface area contributed by atoms with Crippen molar-refractivity contribution in [2.24, 2.45) is 0 Å². The van der Waals surface area contributed by atoms with Gasteiger partial charge in [-0.3, -0.25) is 9.59 Å².